The van der Waals surface area contributed by atoms with Gasteiger partial charge < -0.3 is 0 Å². The molecule has 1 unspecified atom stereocenters. The van der Waals surface area contributed by atoms with Gasteiger partial charge in [-0.3, -0.25) is 13.8 Å². The highest BCUT2D eigenvalue weighted by Crippen LogP contribution is 2.36. The summed E-state index contributed by atoms with van der Waals surface area (Å²) in [6.07, 6.45) is 4.91. The van der Waals surface area contributed by atoms with Gasteiger partial charge in [0.05, 0.1) is 0 Å². The second-order valence-corrected chi connectivity index (χ2v) is 8.46. The van der Waals surface area contributed by atoms with E-state index < -0.39 is 16.7 Å². The number of hydrogen-bond donors (Lipinski definition) is 0. The van der Waals surface area contributed by atoms with Gasteiger partial charge in [-0.2, -0.15) is 0 Å². The Morgan fingerprint density at radius 2 is 1.54 bits per heavy atom. The summed E-state index contributed by atoms with van der Waals surface area (Å²) in [5.41, 5.74) is 4.42. The number of Topliss-reactive ketones (excluding diaryl/α,β-unsaturated/α-hetero) is 2. The highest BCUT2D eigenvalue weighted by molar-refractivity contribution is 7.84. The first-order chi connectivity index (χ1) is 11.4. The molecule has 4 heteroatoms. The highest BCUT2D eigenvalue weighted by Gasteiger charge is 2.38. The van der Waals surface area contributed by atoms with Crippen molar-refractivity contribution in [1.82, 2.24) is 0 Å². The molecule has 24 heavy (non-hydrogen) atoms. The van der Waals surface area contributed by atoms with Crippen molar-refractivity contribution >= 4 is 22.4 Å². The minimum absolute atomic E-state index is 0.0476. The number of benzene rings is 1. The van der Waals surface area contributed by atoms with E-state index in [0.717, 1.165) is 29.5 Å². The van der Waals surface area contributed by atoms with Gasteiger partial charge in [-0.1, -0.05) is 31.5 Å². The minimum Gasteiger partial charge on any atom is -0.299 e. The second kappa shape index (κ2) is 8.19. The zero-order valence-electron chi connectivity index (χ0n) is 15.2. The molecule has 0 spiro atoms. The molecule has 1 saturated carbocycles. The maximum Gasteiger partial charge on any atom is 0.148 e. The fourth-order valence-corrected chi connectivity index (χ4v) is 4.49. The Kier molecular flexibility index (Phi) is 6.50. The van der Waals surface area contributed by atoms with Crippen LogP contribution in [0, 0.1) is 12.8 Å². The molecule has 1 aromatic carbocycles. The van der Waals surface area contributed by atoms with Crippen LogP contribution in [0.15, 0.2) is 12.1 Å². The smallest absolute Gasteiger partial charge is 0.148 e. The summed E-state index contributed by atoms with van der Waals surface area (Å²) in [4.78, 5) is 25.6. The number of aryl methyl sites for hydroxylation is 3. The van der Waals surface area contributed by atoms with Crippen molar-refractivity contribution in [2.75, 3.05) is 12.0 Å². The summed E-state index contributed by atoms with van der Waals surface area (Å²) in [6, 6.07) is 4.22. The molecule has 132 valence electrons. The first-order valence-electron chi connectivity index (χ1n) is 8.85. The lowest BCUT2D eigenvalue weighted by Crippen LogP contribution is -2.33. The molecule has 1 aliphatic carbocycles. The summed E-state index contributed by atoms with van der Waals surface area (Å²) >= 11 is 0. The van der Waals surface area contributed by atoms with Crippen LogP contribution in [0.1, 0.15) is 61.3 Å². The van der Waals surface area contributed by atoms with E-state index in [1.54, 1.807) is 6.26 Å². The molecular weight excluding hydrogens is 320 g/mol. The molecule has 1 atom stereocenters. The van der Waals surface area contributed by atoms with Crippen LogP contribution in [-0.2, 0) is 33.2 Å². The van der Waals surface area contributed by atoms with E-state index in [1.807, 2.05) is 0 Å². The van der Waals surface area contributed by atoms with E-state index in [4.69, 9.17) is 0 Å². The van der Waals surface area contributed by atoms with Gasteiger partial charge in [0.15, 0.2) is 0 Å². The van der Waals surface area contributed by atoms with Crippen molar-refractivity contribution in [3.8, 4) is 0 Å². The third kappa shape index (κ3) is 4.21. The third-order valence-corrected chi connectivity index (χ3v) is 5.79. The van der Waals surface area contributed by atoms with Crippen molar-refractivity contribution in [3.05, 3.63) is 34.4 Å². The fourth-order valence-electron chi connectivity index (χ4n) is 3.82. The van der Waals surface area contributed by atoms with Crippen LogP contribution >= 0.6 is 0 Å². The first-order valence-corrected chi connectivity index (χ1v) is 10.6. The van der Waals surface area contributed by atoms with E-state index in [2.05, 4.69) is 32.9 Å². The summed E-state index contributed by atoms with van der Waals surface area (Å²) in [5.74, 6) is 0.142. The Morgan fingerprint density at radius 1 is 1.04 bits per heavy atom. The Balaban J connectivity index is 2.32. The quantitative estimate of drug-likeness (QED) is 0.739. The van der Waals surface area contributed by atoms with Gasteiger partial charge >= 0.3 is 0 Å². The lowest BCUT2D eigenvalue weighted by Gasteiger charge is -2.29. The molecule has 0 N–H and O–H groups in total. The average Bonchev–Trinajstić information content (AvgIpc) is 2.52. The van der Waals surface area contributed by atoms with Gasteiger partial charge in [0.1, 0.15) is 17.5 Å². The molecule has 0 amide bonds. The zero-order chi connectivity index (χ0) is 17.9. The van der Waals surface area contributed by atoms with Crippen LogP contribution in [0.25, 0.3) is 0 Å². The molecular formula is C20H28O3S. The van der Waals surface area contributed by atoms with Gasteiger partial charge in [0.2, 0.25) is 0 Å². The molecule has 1 fully saturated rings. The Hall–Kier alpha value is -1.29. The lowest BCUT2D eigenvalue weighted by molar-refractivity contribution is -0.133. The normalized spacial score (nSPS) is 22.7. The standard InChI is InChI=1S/C20H28O3S/c1-5-15-9-13(3)10-16(6-2)19(15)20-17(21)11-14(12-18(20)22)7-8-24(4)23/h9-10,14,20H,5-8,11-12H2,1-4H3. The van der Waals surface area contributed by atoms with Crippen molar-refractivity contribution in [2.45, 2.75) is 58.8 Å². The number of hydrogen-bond acceptors (Lipinski definition) is 3. The van der Waals surface area contributed by atoms with Gasteiger partial charge in [-0.15, -0.1) is 0 Å². The Bertz CT molecular complexity index is 620. The van der Waals surface area contributed by atoms with Gasteiger partial charge in [-0.05, 0) is 48.8 Å². The summed E-state index contributed by atoms with van der Waals surface area (Å²) in [7, 11) is -0.870. The monoisotopic (exact) mass is 348 g/mol. The van der Waals surface area contributed by atoms with Gasteiger partial charge in [-0.25, -0.2) is 0 Å². The SMILES string of the molecule is CCc1cc(C)cc(CC)c1C1C(=O)CC(CCS(C)=O)CC1=O. The highest BCUT2D eigenvalue weighted by atomic mass is 32.2. The molecule has 1 aromatic rings. The maximum atomic E-state index is 12.8. The van der Waals surface area contributed by atoms with Gasteiger partial charge in [0, 0.05) is 35.6 Å². The van der Waals surface area contributed by atoms with Crippen molar-refractivity contribution in [3.63, 3.8) is 0 Å². The van der Waals surface area contributed by atoms with Crippen molar-refractivity contribution in [2.24, 2.45) is 5.92 Å². The molecule has 0 aromatic heterocycles. The van der Waals surface area contributed by atoms with Crippen LogP contribution < -0.4 is 0 Å². The average molecular weight is 349 g/mol. The minimum atomic E-state index is -0.870. The summed E-state index contributed by atoms with van der Waals surface area (Å²) in [6.45, 7) is 6.22. The molecule has 0 radical (unpaired) electrons. The Morgan fingerprint density at radius 3 is 1.96 bits per heavy atom. The third-order valence-electron chi connectivity index (χ3n) is 4.98. The summed E-state index contributed by atoms with van der Waals surface area (Å²) < 4.78 is 11.3. The van der Waals surface area contributed by atoms with E-state index in [9.17, 15) is 13.8 Å². The van der Waals surface area contributed by atoms with Crippen LogP contribution in [0.2, 0.25) is 0 Å². The predicted molar refractivity (Wildman–Crippen MR) is 99.0 cm³/mol. The Labute approximate surface area is 147 Å². The second-order valence-electron chi connectivity index (χ2n) is 6.91. The molecule has 1 aliphatic rings. The van der Waals surface area contributed by atoms with E-state index in [1.165, 1.54) is 5.56 Å². The number of carbonyl (C=O) groups excluding carboxylic acids is 2. The number of carbonyl (C=O) groups is 2. The van der Waals surface area contributed by atoms with E-state index >= 15 is 0 Å². The fraction of sp³-hybridized carbons (Fsp3) is 0.600. The topological polar surface area (TPSA) is 51.2 Å². The number of rotatable bonds is 6. The molecule has 0 bridgehead atoms. The molecule has 3 nitrogen and oxygen atoms in total. The number of ketones is 2. The van der Waals surface area contributed by atoms with Gasteiger partial charge in [0.25, 0.3) is 0 Å². The van der Waals surface area contributed by atoms with E-state index in [-0.39, 0.29) is 17.5 Å². The first kappa shape index (κ1) is 19.0. The maximum absolute atomic E-state index is 12.8. The summed E-state index contributed by atoms with van der Waals surface area (Å²) in [5, 5.41) is 0. The van der Waals surface area contributed by atoms with Crippen LogP contribution in [0.3, 0.4) is 0 Å². The molecule has 0 aliphatic heterocycles. The predicted octanol–water partition coefficient (Wildman–Crippen LogP) is 3.52. The van der Waals surface area contributed by atoms with Crippen LogP contribution in [0.4, 0.5) is 0 Å². The molecule has 0 saturated heterocycles. The lowest BCUT2D eigenvalue weighted by atomic mass is 9.73. The molecule has 0 heterocycles. The van der Waals surface area contributed by atoms with Crippen molar-refractivity contribution in [1.29, 1.82) is 0 Å². The van der Waals surface area contributed by atoms with Crippen LogP contribution in [-0.4, -0.2) is 27.8 Å². The molecule has 2 rings (SSSR count). The zero-order valence-corrected chi connectivity index (χ0v) is 16.0. The van der Waals surface area contributed by atoms with Crippen molar-refractivity contribution < 1.29 is 13.8 Å². The largest absolute Gasteiger partial charge is 0.299 e. The van der Waals surface area contributed by atoms with Crippen LogP contribution in [0.5, 0.6) is 0 Å². The van der Waals surface area contributed by atoms with E-state index in [0.29, 0.717) is 25.0 Å².